The minimum atomic E-state index is -0.554. The highest BCUT2D eigenvalue weighted by molar-refractivity contribution is 7.21. The Bertz CT molecular complexity index is 949. The first-order valence-electron chi connectivity index (χ1n) is 7.32. The molecule has 1 heterocycles. The van der Waals surface area contributed by atoms with Crippen molar-refractivity contribution in [3.05, 3.63) is 58.7 Å². The second kappa shape index (κ2) is 6.41. The third kappa shape index (κ3) is 3.14. The van der Waals surface area contributed by atoms with Crippen molar-refractivity contribution < 1.29 is 14.0 Å². The molecule has 0 unspecified atom stereocenters. The number of thiophene rings is 1. The summed E-state index contributed by atoms with van der Waals surface area (Å²) in [4.78, 5) is 24.3. The van der Waals surface area contributed by atoms with Gasteiger partial charge >= 0.3 is 0 Å². The summed E-state index contributed by atoms with van der Waals surface area (Å²) in [5.74, 6) is -1.19. The Morgan fingerprint density at radius 1 is 1.08 bits per heavy atom. The van der Waals surface area contributed by atoms with Crippen molar-refractivity contribution in [2.75, 3.05) is 10.6 Å². The van der Waals surface area contributed by atoms with Crippen LogP contribution in [-0.2, 0) is 4.79 Å². The summed E-state index contributed by atoms with van der Waals surface area (Å²) < 4.78 is 14.7. The first-order chi connectivity index (χ1) is 11.5. The topological polar surface area (TPSA) is 58.2 Å². The van der Waals surface area contributed by atoms with Crippen LogP contribution in [0.4, 0.5) is 15.8 Å². The molecule has 0 aliphatic rings. The number of carbonyl (C=O) groups excluding carboxylic acids is 2. The molecule has 3 rings (SSSR count). The molecular weight excluding hydrogens is 327 g/mol. The Morgan fingerprint density at radius 3 is 2.54 bits per heavy atom. The van der Waals surface area contributed by atoms with E-state index >= 15 is 0 Å². The van der Waals surface area contributed by atoms with Crippen molar-refractivity contribution in [2.45, 2.75) is 13.8 Å². The summed E-state index contributed by atoms with van der Waals surface area (Å²) in [6.45, 7) is 3.20. The van der Waals surface area contributed by atoms with Crippen LogP contribution in [0.3, 0.4) is 0 Å². The second-order valence-corrected chi connectivity index (χ2v) is 6.43. The number of carbonyl (C=O) groups is 2. The lowest BCUT2D eigenvalue weighted by Crippen LogP contribution is -2.13. The molecule has 0 saturated heterocycles. The van der Waals surface area contributed by atoms with Gasteiger partial charge in [0.05, 0.1) is 10.6 Å². The maximum absolute atomic E-state index is 13.7. The molecule has 0 spiro atoms. The third-order valence-corrected chi connectivity index (χ3v) is 4.86. The van der Waals surface area contributed by atoms with Crippen molar-refractivity contribution in [3.63, 3.8) is 0 Å². The highest BCUT2D eigenvalue weighted by Crippen LogP contribution is 2.31. The van der Waals surface area contributed by atoms with Crippen LogP contribution in [0.1, 0.15) is 22.2 Å². The molecule has 0 fully saturated rings. The zero-order valence-electron chi connectivity index (χ0n) is 13.1. The number of hydrogen-bond acceptors (Lipinski definition) is 3. The summed E-state index contributed by atoms with van der Waals surface area (Å²) in [6.07, 6.45) is 0. The number of hydrogen-bond donors (Lipinski definition) is 2. The van der Waals surface area contributed by atoms with E-state index in [1.807, 2.05) is 31.2 Å². The van der Waals surface area contributed by atoms with E-state index < -0.39 is 5.82 Å². The molecule has 0 aliphatic heterocycles. The predicted octanol–water partition coefficient (Wildman–Crippen LogP) is 4.56. The average Bonchev–Trinajstić information content (AvgIpc) is 2.88. The molecule has 0 saturated carbocycles. The largest absolute Gasteiger partial charge is 0.324 e. The molecule has 0 aliphatic carbocycles. The van der Waals surface area contributed by atoms with Crippen molar-refractivity contribution in [1.82, 2.24) is 0 Å². The smallest absolute Gasteiger partial charge is 0.266 e. The van der Waals surface area contributed by atoms with Crippen molar-refractivity contribution in [3.8, 4) is 0 Å². The fourth-order valence-corrected chi connectivity index (χ4v) is 3.57. The van der Waals surface area contributed by atoms with Gasteiger partial charge in [0.25, 0.3) is 5.91 Å². The second-order valence-electron chi connectivity index (χ2n) is 5.38. The fraction of sp³-hybridized carbons (Fsp3) is 0.111. The predicted molar refractivity (Wildman–Crippen MR) is 95.2 cm³/mol. The lowest BCUT2D eigenvalue weighted by atomic mass is 10.1. The lowest BCUT2D eigenvalue weighted by molar-refractivity contribution is -0.114. The fourth-order valence-electron chi connectivity index (χ4n) is 2.47. The summed E-state index contributed by atoms with van der Waals surface area (Å²) in [6, 6.07) is 11.9. The van der Waals surface area contributed by atoms with E-state index in [1.54, 1.807) is 0 Å². The normalized spacial score (nSPS) is 10.6. The van der Waals surface area contributed by atoms with Crippen LogP contribution in [0.25, 0.3) is 10.1 Å². The van der Waals surface area contributed by atoms with Gasteiger partial charge in [-0.1, -0.05) is 18.2 Å². The van der Waals surface area contributed by atoms with Gasteiger partial charge in [-0.2, -0.15) is 0 Å². The van der Waals surface area contributed by atoms with Gasteiger partial charge in [0.2, 0.25) is 5.91 Å². The van der Waals surface area contributed by atoms with E-state index in [9.17, 15) is 14.0 Å². The number of halogens is 1. The molecular formula is C18H15FN2O2S. The average molecular weight is 342 g/mol. The number of rotatable bonds is 3. The molecule has 24 heavy (non-hydrogen) atoms. The minimum Gasteiger partial charge on any atom is -0.324 e. The summed E-state index contributed by atoms with van der Waals surface area (Å²) in [7, 11) is 0. The van der Waals surface area contributed by atoms with E-state index in [1.165, 1.54) is 36.5 Å². The Balaban J connectivity index is 1.89. The number of aryl methyl sites for hydroxylation is 1. The Hall–Kier alpha value is -2.73. The summed E-state index contributed by atoms with van der Waals surface area (Å²) in [5.41, 5.74) is 1.37. The van der Waals surface area contributed by atoms with Crippen LogP contribution in [0.5, 0.6) is 0 Å². The van der Waals surface area contributed by atoms with E-state index in [4.69, 9.17) is 0 Å². The van der Waals surface area contributed by atoms with Gasteiger partial charge in [-0.15, -0.1) is 11.3 Å². The van der Waals surface area contributed by atoms with Gasteiger partial charge in [-0.25, -0.2) is 4.39 Å². The van der Waals surface area contributed by atoms with Crippen LogP contribution in [0.15, 0.2) is 42.5 Å². The highest BCUT2D eigenvalue weighted by atomic mass is 32.1. The first kappa shape index (κ1) is 16.1. The van der Waals surface area contributed by atoms with Gasteiger partial charge in [0.15, 0.2) is 0 Å². The maximum atomic E-state index is 13.7. The molecule has 1 aromatic heterocycles. The molecule has 0 bridgehead atoms. The summed E-state index contributed by atoms with van der Waals surface area (Å²) >= 11 is 1.41. The van der Waals surface area contributed by atoms with Crippen LogP contribution in [0, 0.1) is 12.7 Å². The van der Waals surface area contributed by atoms with E-state index in [2.05, 4.69) is 10.6 Å². The van der Waals surface area contributed by atoms with Crippen molar-refractivity contribution in [1.29, 1.82) is 0 Å². The molecule has 2 N–H and O–H groups in total. The van der Waals surface area contributed by atoms with Gasteiger partial charge < -0.3 is 10.6 Å². The van der Waals surface area contributed by atoms with Gasteiger partial charge in [0, 0.05) is 17.3 Å². The lowest BCUT2D eigenvalue weighted by Gasteiger charge is -2.08. The van der Waals surface area contributed by atoms with E-state index in [0.29, 0.717) is 10.6 Å². The Kier molecular flexibility index (Phi) is 4.31. The standard InChI is InChI=1S/C18H15FN2O2S/c1-10-13-5-3-4-6-16(13)24-17(10)18(23)21-12-7-8-14(19)15(9-12)20-11(2)22/h3-9H,1-2H3,(H,20,22)(H,21,23). The molecule has 3 aromatic rings. The number of anilines is 2. The van der Waals surface area contributed by atoms with Crippen LogP contribution in [0.2, 0.25) is 0 Å². The van der Waals surface area contributed by atoms with Gasteiger partial charge in [-0.05, 0) is 42.1 Å². The number of benzene rings is 2. The van der Waals surface area contributed by atoms with Crippen LogP contribution < -0.4 is 10.6 Å². The molecule has 2 amide bonds. The molecule has 6 heteroatoms. The number of nitrogens with one attached hydrogen (secondary N) is 2. The molecule has 2 aromatic carbocycles. The first-order valence-corrected chi connectivity index (χ1v) is 8.14. The van der Waals surface area contributed by atoms with E-state index in [0.717, 1.165) is 15.6 Å². The van der Waals surface area contributed by atoms with Gasteiger partial charge in [-0.3, -0.25) is 9.59 Å². The maximum Gasteiger partial charge on any atom is 0.266 e. The molecule has 122 valence electrons. The third-order valence-electron chi connectivity index (χ3n) is 3.58. The van der Waals surface area contributed by atoms with Crippen molar-refractivity contribution >= 4 is 44.6 Å². The molecule has 0 radical (unpaired) electrons. The van der Waals surface area contributed by atoms with Gasteiger partial charge in [0.1, 0.15) is 5.82 Å². The summed E-state index contributed by atoms with van der Waals surface area (Å²) in [5, 5.41) is 6.20. The number of fused-ring (bicyclic) bond motifs is 1. The Morgan fingerprint density at radius 2 is 1.83 bits per heavy atom. The number of amides is 2. The van der Waals surface area contributed by atoms with Crippen molar-refractivity contribution in [2.24, 2.45) is 0 Å². The van der Waals surface area contributed by atoms with Crippen LogP contribution in [-0.4, -0.2) is 11.8 Å². The monoisotopic (exact) mass is 342 g/mol. The highest BCUT2D eigenvalue weighted by Gasteiger charge is 2.16. The quantitative estimate of drug-likeness (QED) is 0.733. The zero-order chi connectivity index (χ0) is 17.3. The minimum absolute atomic E-state index is 0.0355. The Labute approximate surface area is 142 Å². The molecule has 4 nitrogen and oxygen atoms in total. The zero-order valence-corrected chi connectivity index (χ0v) is 14.0. The molecule has 0 atom stereocenters. The van der Waals surface area contributed by atoms with Crippen LogP contribution >= 0.6 is 11.3 Å². The SMILES string of the molecule is CC(=O)Nc1cc(NC(=O)c2sc3ccccc3c2C)ccc1F. The van der Waals surface area contributed by atoms with E-state index in [-0.39, 0.29) is 17.5 Å².